The monoisotopic (exact) mass is 329 g/mol. The van der Waals surface area contributed by atoms with Crippen LogP contribution in [0.4, 0.5) is 0 Å². The molecule has 1 aromatic heterocycles. The van der Waals surface area contributed by atoms with Crippen LogP contribution in [0.1, 0.15) is 42.5 Å². The third kappa shape index (κ3) is 2.47. The first kappa shape index (κ1) is 14.8. The molecule has 0 saturated carbocycles. The van der Waals surface area contributed by atoms with Crippen LogP contribution in [0.2, 0.25) is 0 Å². The van der Waals surface area contributed by atoms with Gasteiger partial charge >= 0.3 is 0 Å². The maximum atomic E-state index is 12.9. The Balaban J connectivity index is 1.64. The van der Waals surface area contributed by atoms with Crippen molar-refractivity contribution >= 4 is 26.5 Å². The summed E-state index contributed by atoms with van der Waals surface area (Å²) in [6.07, 6.45) is 4.96. The van der Waals surface area contributed by atoms with E-state index in [2.05, 4.69) is 4.98 Å². The molecule has 2 aliphatic rings. The Morgan fingerprint density at radius 1 is 1.09 bits per heavy atom. The van der Waals surface area contributed by atoms with Crippen molar-refractivity contribution in [2.24, 2.45) is 5.92 Å². The van der Waals surface area contributed by atoms with E-state index in [0.717, 1.165) is 17.3 Å². The van der Waals surface area contributed by atoms with E-state index in [-0.39, 0.29) is 22.2 Å². The van der Waals surface area contributed by atoms with E-state index in [1.165, 1.54) is 0 Å². The predicted octanol–water partition coefficient (Wildman–Crippen LogP) is 3.16. The molecule has 2 bridgehead atoms. The van der Waals surface area contributed by atoms with Crippen molar-refractivity contribution in [3.8, 4) is 0 Å². The first-order valence-corrected chi connectivity index (χ1v) is 9.78. The van der Waals surface area contributed by atoms with Gasteiger partial charge in [0.1, 0.15) is 0 Å². The number of carbonyl (C=O) groups excluding carboxylic acids is 1. The molecular weight excluding hydrogens is 310 g/mol. The highest BCUT2D eigenvalue weighted by atomic mass is 32.2. The topological polar surface area (TPSA) is 64.1 Å². The highest BCUT2D eigenvalue weighted by Crippen LogP contribution is 2.40. The highest BCUT2D eigenvalue weighted by molar-refractivity contribution is 7.92. The third-order valence-corrected chi connectivity index (χ3v) is 8.04. The molecule has 0 radical (unpaired) electrons. The van der Waals surface area contributed by atoms with Crippen LogP contribution in [-0.2, 0) is 9.84 Å². The lowest BCUT2D eigenvalue weighted by Crippen LogP contribution is -2.45. The van der Waals surface area contributed by atoms with Gasteiger partial charge in [-0.15, -0.1) is 0 Å². The fourth-order valence-electron chi connectivity index (χ4n) is 4.06. The number of carbonyl (C=O) groups is 1. The van der Waals surface area contributed by atoms with Crippen LogP contribution in [0, 0.1) is 5.92 Å². The summed E-state index contributed by atoms with van der Waals surface area (Å²) in [7, 11) is -3.02. The van der Waals surface area contributed by atoms with Crippen molar-refractivity contribution in [2.45, 2.75) is 42.6 Å². The minimum absolute atomic E-state index is 0.0510. The number of sulfone groups is 1. The molecule has 1 aromatic carbocycles. The zero-order valence-electron chi connectivity index (χ0n) is 12.8. The molecular formula is C18H19NO3S. The quantitative estimate of drug-likeness (QED) is 0.794. The van der Waals surface area contributed by atoms with Crippen LogP contribution in [-0.4, -0.2) is 29.7 Å². The summed E-state index contributed by atoms with van der Waals surface area (Å²) in [5.74, 6) is -0.133. The fraction of sp³-hybridized carbons (Fsp3) is 0.444. The number of hydrogen-bond acceptors (Lipinski definition) is 4. The Hall–Kier alpha value is -1.75. The third-order valence-electron chi connectivity index (χ3n) is 5.32. The highest BCUT2D eigenvalue weighted by Gasteiger charge is 2.46. The molecule has 3 heterocycles. The van der Waals surface area contributed by atoms with Gasteiger partial charge in [-0.05, 0) is 37.8 Å². The molecule has 2 atom stereocenters. The Bertz CT molecular complexity index is 855. The van der Waals surface area contributed by atoms with Crippen LogP contribution >= 0.6 is 0 Å². The second-order valence-electron chi connectivity index (χ2n) is 6.71. The number of pyridine rings is 1. The molecule has 0 aliphatic carbocycles. The number of nitrogens with zero attached hydrogens (tertiary/aromatic N) is 1. The molecule has 120 valence electrons. The first-order valence-electron chi connectivity index (χ1n) is 8.17. The number of fused-ring (bicyclic) bond motifs is 3. The summed E-state index contributed by atoms with van der Waals surface area (Å²) in [5, 5.41) is 0.303. The molecule has 4 rings (SSSR count). The summed E-state index contributed by atoms with van der Waals surface area (Å²) in [6.45, 7) is 0. The van der Waals surface area contributed by atoms with E-state index in [0.29, 0.717) is 31.2 Å². The minimum Gasteiger partial charge on any atom is -0.294 e. The number of Topliss-reactive ketones (excluding diaryl/α,β-unsaturated/α-hetero) is 1. The summed E-state index contributed by atoms with van der Waals surface area (Å²) >= 11 is 0. The average molecular weight is 329 g/mol. The SMILES string of the molecule is O=C(c1cnc2ccccc2c1)C1CC2CCCC(C1)S2(=O)=O. The molecule has 4 nitrogen and oxygen atoms in total. The molecule has 0 N–H and O–H groups in total. The minimum atomic E-state index is -3.02. The number of aromatic nitrogens is 1. The molecule has 2 fully saturated rings. The smallest absolute Gasteiger partial charge is 0.167 e. The van der Waals surface area contributed by atoms with Gasteiger partial charge in [0.05, 0.1) is 16.0 Å². The van der Waals surface area contributed by atoms with E-state index >= 15 is 0 Å². The fourth-order valence-corrected chi connectivity index (χ4v) is 6.60. The molecule has 23 heavy (non-hydrogen) atoms. The van der Waals surface area contributed by atoms with Gasteiger partial charge in [0, 0.05) is 23.1 Å². The van der Waals surface area contributed by atoms with Gasteiger partial charge in [0.15, 0.2) is 15.6 Å². The normalized spacial score (nSPS) is 29.3. The van der Waals surface area contributed by atoms with E-state index < -0.39 is 9.84 Å². The number of hydrogen-bond donors (Lipinski definition) is 0. The summed E-state index contributed by atoms with van der Waals surface area (Å²) in [5.41, 5.74) is 1.47. The van der Waals surface area contributed by atoms with Gasteiger partial charge in [0.2, 0.25) is 0 Å². The zero-order chi connectivity index (χ0) is 16.0. The van der Waals surface area contributed by atoms with Gasteiger partial charge in [-0.25, -0.2) is 8.42 Å². The van der Waals surface area contributed by atoms with Gasteiger partial charge in [-0.3, -0.25) is 9.78 Å². The van der Waals surface area contributed by atoms with Crippen LogP contribution in [0.15, 0.2) is 36.5 Å². The molecule has 5 heteroatoms. The molecule has 2 aromatic rings. The van der Waals surface area contributed by atoms with E-state index in [9.17, 15) is 13.2 Å². The first-order chi connectivity index (χ1) is 11.1. The lowest BCUT2D eigenvalue weighted by Gasteiger charge is -2.38. The maximum absolute atomic E-state index is 12.9. The maximum Gasteiger partial charge on any atom is 0.167 e. The Morgan fingerprint density at radius 2 is 1.78 bits per heavy atom. The lowest BCUT2D eigenvalue weighted by molar-refractivity contribution is 0.0894. The van der Waals surface area contributed by atoms with E-state index in [4.69, 9.17) is 0 Å². The van der Waals surface area contributed by atoms with Gasteiger partial charge in [0.25, 0.3) is 0 Å². The van der Waals surface area contributed by atoms with Crippen molar-refractivity contribution < 1.29 is 13.2 Å². The van der Waals surface area contributed by atoms with Crippen molar-refractivity contribution in [3.05, 3.63) is 42.1 Å². The second kappa shape index (κ2) is 5.41. The number of para-hydroxylation sites is 1. The molecule has 2 saturated heterocycles. The molecule has 2 aliphatic heterocycles. The van der Waals surface area contributed by atoms with E-state index in [1.807, 2.05) is 30.3 Å². The predicted molar refractivity (Wildman–Crippen MR) is 89.1 cm³/mol. The van der Waals surface area contributed by atoms with Gasteiger partial charge in [-0.1, -0.05) is 24.6 Å². The zero-order valence-corrected chi connectivity index (χ0v) is 13.6. The summed E-state index contributed by atoms with van der Waals surface area (Å²) < 4.78 is 24.7. The van der Waals surface area contributed by atoms with Gasteiger partial charge in [-0.2, -0.15) is 0 Å². The molecule has 0 spiro atoms. The molecule has 2 unspecified atom stereocenters. The Morgan fingerprint density at radius 3 is 2.52 bits per heavy atom. The summed E-state index contributed by atoms with van der Waals surface area (Å²) in [6, 6.07) is 9.59. The second-order valence-corrected chi connectivity index (χ2v) is 9.22. The van der Waals surface area contributed by atoms with Crippen LogP contribution in [0.5, 0.6) is 0 Å². The van der Waals surface area contributed by atoms with Crippen LogP contribution in [0.25, 0.3) is 10.9 Å². The number of ketones is 1. The van der Waals surface area contributed by atoms with E-state index in [1.54, 1.807) is 6.20 Å². The Kier molecular flexibility index (Phi) is 3.48. The average Bonchev–Trinajstić information content (AvgIpc) is 2.53. The van der Waals surface area contributed by atoms with Crippen molar-refractivity contribution in [3.63, 3.8) is 0 Å². The van der Waals surface area contributed by atoms with Crippen molar-refractivity contribution in [2.75, 3.05) is 0 Å². The number of rotatable bonds is 2. The van der Waals surface area contributed by atoms with Crippen molar-refractivity contribution in [1.29, 1.82) is 0 Å². The largest absolute Gasteiger partial charge is 0.294 e. The van der Waals surface area contributed by atoms with Gasteiger partial charge < -0.3 is 0 Å². The molecule has 0 amide bonds. The van der Waals surface area contributed by atoms with Crippen LogP contribution < -0.4 is 0 Å². The van der Waals surface area contributed by atoms with Crippen LogP contribution in [0.3, 0.4) is 0 Å². The number of benzene rings is 1. The standard InChI is InChI=1S/C18H19NO3S/c20-18(14-8-12-4-1-2-7-17(12)19-11-14)13-9-15-5-3-6-16(10-13)23(15,21)22/h1-2,4,7-8,11,13,15-16H,3,5-6,9-10H2. The lowest BCUT2D eigenvalue weighted by atomic mass is 9.84. The Labute approximate surface area is 135 Å². The summed E-state index contributed by atoms with van der Waals surface area (Å²) in [4.78, 5) is 17.2. The van der Waals surface area contributed by atoms with Crippen molar-refractivity contribution in [1.82, 2.24) is 4.98 Å².